The van der Waals surface area contributed by atoms with E-state index in [1.165, 1.54) is 0 Å². The Morgan fingerprint density at radius 1 is 1.50 bits per heavy atom. The molecule has 0 aromatic heterocycles. The first-order valence-electron chi connectivity index (χ1n) is 0.632. The maximum Gasteiger partial charge on any atom is 1.00 e. The van der Waals surface area contributed by atoms with Gasteiger partial charge in [0.05, 0.1) is 0 Å². The van der Waals surface area contributed by atoms with Crippen molar-refractivity contribution in [3.63, 3.8) is 0 Å². The summed E-state index contributed by atoms with van der Waals surface area (Å²) in [6.07, 6.45) is 0. The maximum absolute atomic E-state index is 8.63. The van der Waals surface area contributed by atoms with Crippen LogP contribution in [0.1, 0.15) is 0 Å². The van der Waals surface area contributed by atoms with E-state index in [4.69, 9.17) is 14.1 Å². The van der Waals surface area contributed by atoms with E-state index in [2.05, 4.69) is 0 Å². The van der Waals surface area contributed by atoms with Crippen molar-refractivity contribution in [1.82, 2.24) is 0 Å². The average molecular weight is 123 g/mol. The van der Waals surface area contributed by atoms with Crippen LogP contribution in [0.4, 0.5) is 0 Å². The van der Waals surface area contributed by atoms with Gasteiger partial charge in [0.2, 0.25) is 0 Å². The van der Waals surface area contributed by atoms with Crippen LogP contribution in [0.3, 0.4) is 0 Å². The zero-order chi connectivity index (χ0) is 3.58. The summed E-state index contributed by atoms with van der Waals surface area (Å²) in [4.78, 5) is 15.7. The van der Waals surface area contributed by atoms with Gasteiger partial charge in [0.1, 0.15) is 0 Å². The SMILES string of the molecule is O=[Si]([O-])O.[Na+].[Na+]. The molecule has 0 amide bonds. The van der Waals surface area contributed by atoms with E-state index in [9.17, 15) is 0 Å². The van der Waals surface area contributed by atoms with Gasteiger partial charge in [-0.2, -0.15) is 0 Å². The largest absolute Gasteiger partial charge is 1.00 e. The third kappa shape index (κ3) is 45.8. The molecule has 0 heterocycles. The minimum absolute atomic E-state index is 0. The van der Waals surface area contributed by atoms with Crippen LogP contribution in [0.15, 0.2) is 0 Å². The molecule has 0 aliphatic carbocycles. The molecule has 3 nitrogen and oxygen atoms in total. The summed E-state index contributed by atoms with van der Waals surface area (Å²) < 4.78 is 8.63. The molecule has 0 atom stereocenters. The van der Waals surface area contributed by atoms with Crippen molar-refractivity contribution in [2.24, 2.45) is 0 Å². The fourth-order valence-electron chi connectivity index (χ4n) is 0. The van der Waals surface area contributed by atoms with Crippen molar-refractivity contribution < 1.29 is 73.2 Å². The second-order valence-electron chi connectivity index (χ2n) is 0.266. The number of hydrogen-bond donors (Lipinski definition) is 1. The Morgan fingerprint density at radius 2 is 1.50 bits per heavy atom. The molecule has 6 heavy (non-hydrogen) atoms. The molecule has 24 valence electrons. The van der Waals surface area contributed by atoms with Gasteiger partial charge in [-0.1, -0.05) is 0 Å². The molecule has 1 N–H and O–H groups in total. The molecule has 0 bridgehead atoms. The summed E-state index contributed by atoms with van der Waals surface area (Å²) >= 11 is 0. The molecule has 0 saturated heterocycles. The van der Waals surface area contributed by atoms with Crippen LogP contribution < -0.4 is 63.9 Å². The molecular weight excluding hydrogens is 122 g/mol. The Morgan fingerprint density at radius 3 is 1.50 bits per heavy atom. The van der Waals surface area contributed by atoms with Crippen LogP contribution in [-0.4, -0.2) is 14.0 Å². The molecule has 0 radical (unpaired) electrons. The Balaban J connectivity index is -0.0000000450. The smallest absolute Gasteiger partial charge is 0.604 e. The molecule has 6 heteroatoms. The van der Waals surface area contributed by atoms with Gasteiger partial charge in [0.15, 0.2) is 0 Å². The van der Waals surface area contributed by atoms with Crippen molar-refractivity contribution in [2.75, 3.05) is 0 Å². The monoisotopic (exact) mass is 123 g/mol. The van der Waals surface area contributed by atoms with Crippen molar-refractivity contribution in [1.29, 1.82) is 0 Å². The molecular formula is HNa2O3Si+. The van der Waals surface area contributed by atoms with Gasteiger partial charge in [0.25, 0.3) is 0 Å². The van der Waals surface area contributed by atoms with Crippen molar-refractivity contribution in [2.45, 2.75) is 0 Å². The average Bonchev–Trinajstić information content (AvgIpc) is 0.811. The molecule has 0 unspecified atom stereocenters. The Hall–Kier alpha value is 1.62. The summed E-state index contributed by atoms with van der Waals surface area (Å²) in [5.41, 5.74) is 0. The van der Waals surface area contributed by atoms with Crippen LogP contribution in [0.2, 0.25) is 0 Å². The summed E-state index contributed by atoms with van der Waals surface area (Å²) in [7, 11) is -3.38. The van der Waals surface area contributed by atoms with Crippen molar-refractivity contribution >= 4 is 9.17 Å². The van der Waals surface area contributed by atoms with Crippen LogP contribution >= 0.6 is 0 Å². The minimum atomic E-state index is -3.38. The third-order valence-electron chi connectivity index (χ3n) is 0. The minimum Gasteiger partial charge on any atom is -0.604 e. The van der Waals surface area contributed by atoms with Crippen LogP contribution in [0, 0.1) is 0 Å². The molecule has 0 spiro atoms. The van der Waals surface area contributed by atoms with E-state index in [0.717, 1.165) is 0 Å². The molecule has 0 aliphatic rings. The molecule has 0 rings (SSSR count). The third-order valence-corrected chi connectivity index (χ3v) is 0. The van der Waals surface area contributed by atoms with E-state index >= 15 is 0 Å². The Bertz CT molecular complexity index is 31.8. The predicted molar refractivity (Wildman–Crippen MR) is 8.66 cm³/mol. The molecule has 0 aliphatic heterocycles. The van der Waals surface area contributed by atoms with Crippen molar-refractivity contribution in [3.05, 3.63) is 0 Å². The van der Waals surface area contributed by atoms with Gasteiger partial charge < -0.3 is 14.1 Å². The van der Waals surface area contributed by atoms with E-state index in [1.54, 1.807) is 0 Å². The number of hydrogen-bond acceptors (Lipinski definition) is 2. The summed E-state index contributed by atoms with van der Waals surface area (Å²) in [6, 6.07) is 0. The first-order valence-corrected chi connectivity index (χ1v) is 1.90. The first-order chi connectivity index (χ1) is 1.73. The quantitative estimate of drug-likeness (QED) is 0.325. The Kier molecular flexibility index (Phi) is 25.5. The topological polar surface area (TPSA) is 60.4 Å². The zero-order valence-electron chi connectivity index (χ0n) is 3.76. The van der Waals surface area contributed by atoms with Crippen LogP contribution in [0.5, 0.6) is 0 Å². The van der Waals surface area contributed by atoms with E-state index in [0.29, 0.717) is 0 Å². The molecule has 0 aromatic rings. The maximum atomic E-state index is 8.63. The predicted octanol–water partition coefficient (Wildman–Crippen LogP) is -8.24. The summed E-state index contributed by atoms with van der Waals surface area (Å²) in [5.74, 6) is 0. The first kappa shape index (κ1) is 15.6. The van der Waals surface area contributed by atoms with Gasteiger partial charge in [-0.25, -0.2) is 0 Å². The van der Waals surface area contributed by atoms with E-state index < -0.39 is 9.17 Å². The van der Waals surface area contributed by atoms with Gasteiger partial charge in [-0.05, 0) is 0 Å². The van der Waals surface area contributed by atoms with Gasteiger partial charge in [-0.15, -0.1) is 0 Å². The second kappa shape index (κ2) is 9.79. The van der Waals surface area contributed by atoms with Crippen molar-refractivity contribution in [3.8, 4) is 0 Å². The standard InChI is InChI=1S/2Na.HO3Si/c;;1-4(2)3/h;;1H/q2*+1;-1. The van der Waals surface area contributed by atoms with E-state index in [1.807, 2.05) is 0 Å². The van der Waals surface area contributed by atoms with Gasteiger partial charge in [0, 0.05) is 0 Å². The van der Waals surface area contributed by atoms with Gasteiger partial charge >= 0.3 is 68.3 Å². The van der Waals surface area contributed by atoms with Crippen LogP contribution in [0.25, 0.3) is 0 Å². The second-order valence-corrected chi connectivity index (χ2v) is 0.798. The normalized spacial score (nSPS) is 4.00. The summed E-state index contributed by atoms with van der Waals surface area (Å²) in [5, 5.41) is 0. The fraction of sp³-hybridized carbons (Fsp3) is 0. The van der Waals surface area contributed by atoms with Gasteiger partial charge in [-0.3, -0.25) is 0 Å². The number of rotatable bonds is 0. The molecule has 0 aromatic carbocycles. The van der Waals surface area contributed by atoms with E-state index in [-0.39, 0.29) is 59.1 Å². The Labute approximate surface area is 81.2 Å². The van der Waals surface area contributed by atoms with Crippen LogP contribution in [-0.2, 0) is 4.46 Å². The summed E-state index contributed by atoms with van der Waals surface area (Å²) in [6.45, 7) is 0. The molecule has 0 saturated carbocycles. The molecule has 0 fully saturated rings. The fourth-order valence-corrected chi connectivity index (χ4v) is 0. The zero-order valence-corrected chi connectivity index (χ0v) is 8.76.